The average Bonchev–Trinajstić information content (AvgIpc) is 3.20. The van der Waals surface area contributed by atoms with Gasteiger partial charge in [0, 0.05) is 39.0 Å². The molecule has 0 aliphatic heterocycles. The summed E-state index contributed by atoms with van der Waals surface area (Å²) in [5.74, 6) is 0.245. The molecule has 0 aromatic carbocycles. The van der Waals surface area contributed by atoms with Crippen molar-refractivity contribution in [2.45, 2.75) is 215 Å². The zero-order valence-corrected chi connectivity index (χ0v) is 38.7. The van der Waals surface area contributed by atoms with Gasteiger partial charge in [0.15, 0.2) is 0 Å². The Labute approximate surface area is 353 Å². The van der Waals surface area contributed by atoms with Crippen LogP contribution in [0.2, 0.25) is 0 Å². The zero-order chi connectivity index (χ0) is 42.0. The molecule has 0 saturated heterocycles. The van der Waals surface area contributed by atoms with E-state index in [1.807, 2.05) is 4.90 Å². The van der Waals surface area contributed by atoms with Gasteiger partial charge in [-0.2, -0.15) is 0 Å². The highest BCUT2D eigenvalue weighted by atomic mass is 16.6. The van der Waals surface area contributed by atoms with Crippen molar-refractivity contribution in [1.29, 1.82) is 0 Å². The molecule has 0 aliphatic carbocycles. The van der Waals surface area contributed by atoms with E-state index in [0.717, 1.165) is 103 Å². The fourth-order valence-corrected chi connectivity index (χ4v) is 7.49. The Kier molecular flexibility index (Phi) is 40.9. The Morgan fingerprint density at radius 3 is 1.40 bits per heavy atom. The normalized spacial score (nSPS) is 11.5. The minimum absolute atomic E-state index is 0.0648. The van der Waals surface area contributed by atoms with Gasteiger partial charge in [0.25, 0.3) is 0 Å². The van der Waals surface area contributed by atoms with Crippen LogP contribution in [0.25, 0.3) is 0 Å². The van der Waals surface area contributed by atoms with Crippen molar-refractivity contribution in [3.63, 3.8) is 0 Å². The summed E-state index contributed by atoms with van der Waals surface area (Å²) in [4.78, 5) is 45.2. The molecule has 1 amide bonds. The molecule has 0 spiro atoms. The van der Waals surface area contributed by atoms with Gasteiger partial charge in [0.1, 0.15) is 13.2 Å². The number of hydrogen-bond donors (Lipinski definition) is 0. The average molecular weight is 810 g/mol. The molecule has 57 heavy (non-hydrogen) atoms. The van der Waals surface area contributed by atoms with E-state index < -0.39 is 0 Å². The molecule has 338 valence electrons. The van der Waals surface area contributed by atoms with Crippen molar-refractivity contribution >= 4 is 18.0 Å². The summed E-state index contributed by atoms with van der Waals surface area (Å²) >= 11 is 0. The Bertz CT molecular complexity index is 887. The van der Waals surface area contributed by atoms with Crippen LogP contribution >= 0.6 is 0 Å². The number of rotatable bonds is 43. The molecule has 0 unspecified atom stereocenters. The number of nitrogens with zero attached hydrogens (tertiary/aromatic N) is 3. The number of carbonyl (C=O) groups excluding carboxylic acids is 3. The van der Waals surface area contributed by atoms with Crippen LogP contribution in [0.5, 0.6) is 0 Å². The number of amides is 1. The third-order valence-corrected chi connectivity index (χ3v) is 11.4. The Morgan fingerprint density at radius 1 is 0.404 bits per heavy atom. The molecule has 0 saturated carbocycles. The summed E-state index contributed by atoms with van der Waals surface area (Å²) in [6.45, 7) is 21.0. The van der Waals surface area contributed by atoms with E-state index >= 15 is 0 Å². The molecule has 0 atom stereocenters. The Balaban J connectivity index is 5.03. The lowest BCUT2D eigenvalue weighted by molar-refractivity contribution is -0.145. The molecule has 0 rings (SSSR count). The van der Waals surface area contributed by atoms with Crippen LogP contribution in [-0.2, 0) is 23.8 Å². The van der Waals surface area contributed by atoms with Crippen LogP contribution in [0.15, 0.2) is 0 Å². The van der Waals surface area contributed by atoms with Crippen LogP contribution < -0.4 is 0 Å². The fraction of sp³-hybridized carbons (Fsp3) is 0.938. The van der Waals surface area contributed by atoms with Gasteiger partial charge in [0.05, 0.1) is 6.61 Å². The highest BCUT2D eigenvalue weighted by Gasteiger charge is 2.18. The van der Waals surface area contributed by atoms with E-state index in [9.17, 15) is 14.4 Å². The van der Waals surface area contributed by atoms with Gasteiger partial charge in [-0.15, -0.1) is 0 Å². The maximum absolute atomic E-state index is 13.3. The first-order valence-corrected chi connectivity index (χ1v) is 24.5. The fourth-order valence-electron chi connectivity index (χ4n) is 7.49. The molecule has 0 aliphatic rings. The van der Waals surface area contributed by atoms with Crippen molar-refractivity contribution < 1.29 is 28.6 Å². The SMILES string of the molecule is CCCCCCCOC(=O)CCCCCN(CCCCCC)C(=O)OCCN(CCCN(CC)CC)CCOC(=O)CC(CCCCCCC)CCCCCCC. The summed E-state index contributed by atoms with van der Waals surface area (Å²) in [6.07, 6.45) is 29.2. The van der Waals surface area contributed by atoms with Crippen molar-refractivity contribution in [2.75, 3.05) is 72.2 Å². The third kappa shape index (κ3) is 35.8. The first-order chi connectivity index (χ1) is 27.8. The summed E-state index contributed by atoms with van der Waals surface area (Å²) in [5, 5.41) is 0. The quantitative estimate of drug-likeness (QED) is 0.0342. The van der Waals surface area contributed by atoms with Gasteiger partial charge in [-0.05, 0) is 77.0 Å². The second kappa shape index (κ2) is 42.3. The van der Waals surface area contributed by atoms with E-state index in [1.165, 1.54) is 83.5 Å². The summed E-state index contributed by atoms with van der Waals surface area (Å²) < 4.78 is 17.2. The molecule has 0 aromatic heterocycles. The smallest absolute Gasteiger partial charge is 0.409 e. The lowest BCUT2D eigenvalue weighted by Gasteiger charge is -2.26. The van der Waals surface area contributed by atoms with Crippen LogP contribution in [-0.4, -0.2) is 105 Å². The van der Waals surface area contributed by atoms with Gasteiger partial charge in [0.2, 0.25) is 0 Å². The molecule has 9 nitrogen and oxygen atoms in total. The van der Waals surface area contributed by atoms with E-state index in [1.54, 1.807) is 0 Å². The number of hydrogen-bond acceptors (Lipinski definition) is 8. The minimum Gasteiger partial charge on any atom is -0.466 e. The second-order valence-electron chi connectivity index (χ2n) is 16.5. The molecular formula is C48H95N3O6. The van der Waals surface area contributed by atoms with Crippen LogP contribution in [0.1, 0.15) is 215 Å². The summed E-state index contributed by atoms with van der Waals surface area (Å²) in [6, 6.07) is 0. The highest BCUT2D eigenvalue weighted by Crippen LogP contribution is 2.22. The maximum Gasteiger partial charge on any atom is 0.409 e. The van der Waals surface area contributed by atoms with E-state index in [4.69, 9.17) is 14.2 Å². The first-order valence-electron chi connectivity index (χ1n) is 24.5. The third-order valence-electron chi connectivity index (χ3n) is 11.4. The molecule has 9 heteroatoms. The van der Waals surface area contributed by atoms with Gasteiger partial charge in [-0.1, -0.05) is 157 Å². The summed E-state index contributed by atoms with van der Waals surface area (Å²) in [5.41, 5.74) is 0. The van der Waals surface area contributed by atoms with E-state index in [0.29, 0.717) is 64.8 Å². The lowest BCUT2D eigenvalue weighted by atomic mass is 9.91. The van der Waals surface area contributed by atoms with Gasteiger partial charge in [-0.25, -0.2) is 4.79 Å². The van der Waals surface area contributed by atoms with Crippen molar-refractivity contribution in [2.24, 2.45) is 5.92 Å². The zero-order valence-electron chi connectivity index (χ0n) is 38.7. The minimum atomic E-state index is -0.251. The highest BCUT2D eigenvalue weighted by molar-refractivity contribution is 5.70. The summed E-state index contributed by atoms with van der Waals surface area (Å²) in [7, 11) is 0. The molecule has 0 N–H and O–H groups in total. The first kappa shape index (κ1) is 55.1. The molecule has 0 bridgehead atoms. The molecule has 0 heterocycles. The molecule has 0 radical (unpaired) electrons. The Hall–Kier alpha value is -1.87. The largest absolute Gasteiger partial charge is 0.466 e. The standard InChI is InChI=1S/C48H95N3O6/c1-7-13-17-21-25-32-45(33-26-22-18-14-8-2)44-47(53)56-42-39-50(36-31-35-49(11-5)12-6)40-43-57-48(54)51(37-28-20-16-10-4)38-29-24-27-34-46(52)55-41-30-23-19-15-9-3/h45H,7-44H2,1-6H3. The van der Waals surface area contributed by atoms with Crippen molar-refractivity contribution in [1.82, 2.24) is 14.7 Å². The number of esters is 2. The maximum atomic E-state index is 13.3. The number of unbranched alkanes of at least 4 members (excludes halogenated alkanes) is 17. The van der Waals surface area contributed by atoms with Crippen LogP contribution in [0.4, 0.5) is 4.79 Å². The predicted octanol–water partition coefficient (Wildman–Crippen LogP) is 12.4. The van der Waals surface area contributed by atoms with E-state index in [2.05, 4.69) is 51.3 Å². The van der Waals surface area contributed by atoms with Crippen molar-refractivity contribution in [3.8, 4) is 0 Å². The van der Waals surface area contributed by atoms with Gasteiger partial charge < -0.3 is 24.0 Å². The monoisotopic (exact) mass is 810 g/mol. The number of carbonyl (C=O) groups is 3. The molecule has 0 fully saturated rings. The van der Waals surface area contributed by atoms with Crippen LogP contribution in [0, 0.1) is 5.92 Å². The molecule has 0 aromatic rings. The predicted molar refractivity (Wildman–Crippen MR) is 240 cm³/mol. The topological polar surface area (TPSA) is 88.6 Å². The lowest BCUT2D eigenvalue weighted by Crippen LogP contribution is -2.38. The van der Waals surface area contributed by atoms with E-state index in [-0.39, 0.29) is 18.0 Å². The Morgan fingerprint density at radius 2 is 0.860 bits per heavy atom. The van der Waals surface area contributed by atoms with Gasteiger partial charge >= 0.3 is 18.0 Å². The van der Waals surface area contributed by atoms with Crippen LogP contribution in [0.3, 0.4) is 0 Å². The van der Waals surface area contributed by atoms with Crippen molar-refractivity contribution in [3.05, 3.63) is 0 Å². The van der Waals surface area contributed by atoms with Gasteiger partial charge in [-0.3, -0.25) is 14.5 Å². The molecular weight excluding hydrogens is 715 g/mol. The second-order valence-corrected chi connectivity index (χ2v) is 16.5. The number of ether oxygens (including phenoxy) is 3.